The second-order valence-corrected chi connectivity index (χ2v) is 7.34. The molecule has 1 aliphatic heterocycles. The molecule has 1 aliphatic rings. The van der Waals surface area contributed by atoms with Gasteiger partial charge in [-0.2, -0.15) is 0 Å². The third-order valence-corrected chi connectivity index (χ3v) is 5.21. The Morgan fingerprint density at radius 1 is 0.897 bits per heavy atom. The van der Waals surface area contributed by atoms with Crippen LogP contribution >= 0.6 is 0 Å². The van der Waals surface area contributed by atoms with E-state index in [4.69, 9.17) is 9.84 Å². The molecule has 2 aromatic rings. The fourth-order valence-electron chi connectivity index (χ4n) is 3.72. The predicted molar refractivity (Wildman–Crippen MR) is 107 cm³/mol. The van der Waals surface area contributed by atoms with Gasteiger partial charge in [-0.05, 0) is 41.8 Å². The zero-order valence-corrected chi connectivity index (χ0v) is 16.4. The number of halogens is 2. The molecule has 0 aliphatic carbocycles. The summed E-state index contributed by atoms with van der Waals surface area (Å²) in [4.78, 5) is 4.57. The lowest BCUT2D eigenvalue weighted by molar-refractivity contribution is 0.0499. The highest BCUT2D eigenvalue weighted by Crippen LogP contribution is 2.20. The number of aliphatic hydroxyl groups is 2. The van der Waals surface area contributed by atoms with Gasteiger partial charge in [0.2, 0.25) is 0 Å². The lowest BCUT2D eigenvalue weighted by Crippen LogP contribution is -2.52. The van der Waals surface area contributed by atoms with E-state index in [1.54, 1.807) is 6.07 Å². The van der Waals surface area contributed by atoms with Gasteiger partial charge in [0.15, 0.2) is 11.6 Å². The summed E-state index contributed by atoms with van der Waals surface area (Å²) in [6.45, 7) is 4.13. The summed E-state index contributed by atoms with van der Waals surface area (Å²) in [6, 6.07) is 12.0. The molecule has 1 atom stereocenters. The van der Waals surface area contributed by atoms with Crippen molar-refractivity contribution in [2.24, 2.45) is 0 Å². The molecule has 2 aromatic carbocycles. The number of benzene rings is 2. The topological polar surface area (TPSA) is 56.2 Å². The molecule has 5 nitrogen and oxygen atoms in total. The maximum Gasteiger partial charge on any atom is 0.159 e. The average Bonchev–Trinajstić information content (AvgIpc) is 2.72. The summed E-state index contributed by atoms with van der Waals surface area (Å²) in [7, 11) is 0. The summed E-state index contributed by atoms with van der Waals surface area (Å²) in [5, 5.41) is 18.3. The van der Waals surface area contributed by atoms with Crippen LogP contribution in [0.25, 0.3) is 0 Å². The Kier molecular flexibility index (Phi) is 7.94. The van der Waals surface area contributed by atoms with Gasteiger partial charge >= 0.3 is 0 Å². The van der Waals surface area contributed by atoms with E-state index in [2.05, 4.69) is 9.80 Å². The number of aliphatic hydroxyl groups excluding tert-OH is 2. The molecule has 0 saturated carbocycles. The van der Waals surface area contributed by atoms with Gasteiger partial charge in [0.05, 0.1) is 6.61 Å². The van der Waals surface area contributed by atoms with Crippen LogP contribution in [0.2, 0.25) is 0 Å². The Bertz CT molecular complexity index is 773. The summed E-state index contributed by atoms with van der Waals surface area (Å²) in [6.07, 6.45) is 0.633. The number of ether oxygens (including phenoxy) is 1. The molecule has 0 amide bonds. The Balaban J connectivity index is 1.58. The minimum Gasteiger partial charge on any atom is -0.491 e. The Labute approximate surface area is 170 Å². The number of rotatable bonds is 9. The lowest BCUT2D eigenvalue weighted by Gasteiger charge is -2.41. The maximum atomic E-state index is 13.5. The van der Waals surface area contributed by atoms with Crippen molar-refractivity contribution >= 4 is 0 Å². The molecule has 0 bridgehead atoms. The van der Waals surface area contributed by atoms with Crippen LogP contribution in [0.4, 0.5) is 8.78 Å². The SMILES string of the molecule is OCCOc1ccc(CN2CCN(Cc3ccc(F)c(F)c3)C(CCO)C2)cc1. The number of hydrogen-bond donors (Lipinski definition) is 2. The largest absolute Gasteiger partial charge is 0.491 e. The standard InChI is InChI=1S/C22H28F2N2O3/c23-21-6-3-18(13-22(21)24)15-26-9-8-25(16-19(26)7-10-27)14-17-1-4-20(5-2-17)29-12-11-28/h1-6,13,19,27-28H,7-12,14-16H2. The molecule has 0 radical (unpaired) electrons. The van der Waals surface area contributed by atoms with Crippen LogP contribution in [0.1, 0.15) is 17.5 Å². The normalized spacial score (nSPS) is 18.1. The van der Waals surface area contributed by atoms with Crippen LogP contribution in [0.3, 0.4) is 0 Å². The van der Waals surface area contributed by atoms with Crippen LogP contribution in [-0.2, 0) is 13.1 Å². The quantitative estimate of drug-likeness (QED) is 0.670. The highest BCUT2D eigenvalue weighted by molar-refractivity contribution is 5.27. The second kappa shape index (κ2) is 10.6. The Morgan fingerprint density at radius 2 is 1.66 bits per heavy atom. The molecule has 29 heavy (non-hydrogen) atoms. The minimum atomic E-state index is -0.835. The van der Waals surface area contributed by atoms with Crippen molar-refractivity contribution in [1.82, 2.24) is 9.80 Å². The van der Waals surface area contributed by atoms with Crippen molar-refractivity contribution in [1.29, 1.82) is 0 Å². The fraction of sp³-hybridized carbons (Fsp3) is 0.455. The second-order valence-electron chi connectivity index (χ2n) is 7.34. The van der Waals surface area contributed by atoms with Crippen molar-refractivity contribution in [2.75, 3.05) is 39.5 Å². The number of hydrogen-bond acceptors (Lipinski definition) is 5. The van der Waals surface area contributed by atoms with Crippen molar-refractivity contribution in [3.8, 4) is 5.75 Å². The molecule has 1 heterocycles. The predicted octanol–water partition coefficient (Wildman–Crippen LogP) is 2.40. The lowest BCUT2D eigenvalue weighted by atomic mass is 10.1. The highest BCUT2D eigenvalue weighted by Gasteiger charge is 2.26. The van der Waals surface area contributed by atoms with E-state index in [0.29, 0.717) is 13.0 Å². The molecule has 1 saturated heterocycles. The summed E-state index contributed by atoms with van der Waals surface area (Å²) in [5.41, 5.74) is 1.90. The monoisotopic (exact) mass is 406 g/mol. The summed E-state index contributed by atoms with van der Waals surface area (Å²) in [5.74, 6) is -0.929. The average molecular weight is 406 g/mol. The Hall–Kier alpha value is -2.06. The van der Waals surface area contributed by atoms with Crippen molar-refractivity contribution < 1.29 is 23.7 Å². The van der Waals surface area contributed by atoms with Gasteiger partial charge in [-0.1, -0.05) is 18.2 Å². The van der Waals surface area contributed by atoms with E-state index in [9.17, 15) is 13.9 Å². The zero-order valence-electron chi connectivity index (χ0n) is 16.4. The smallest absolute Gasteiger partial charge is 0.159 e. The van der Waals surface area contributed by atoms with Crippen LogP contribution in [0.15, 0.2) is 42.5 Å². The van der Waals surface area contributed by atoms with Gasteiger partial charge in [0.1, 0.15) is 12.4 Å². The molecule has 7 heteroatoms. The summed E-state index contributed by atoms with van der Waals surface area (Å²) >= 11 is 0. The first-order valence-corrected chi connectivity index (χ1v) is 9.93. The van der Waals surface area contributed by atoms with Gasteiger partial charge in [0.25, 0.3) is 0 Å². The Morgan fingerprint density at radius 3 is 2.34 bits per heavy atom. The van der Waals surface area contributed by atoms with E-state index < -0.39 is 11.6 Å². The molecule has 2 N–H and O–H groups in total. The van der Waals surface area contributed by atoms with Crippen molar-refractivity contribution in [3.63, 3.8) is 0 Å². The van der Waals surface area contributed by atoms with E-state index in [1.165, 1.54) is 6.07 Å². The van der Waals surface area contributed by atoms with E-state index in [-0.39, 0.29) is 25.9 Å². The van der Waals surface area contributed by atoms with Gasteiger partial charge in [-0.3, -0.25) is 9.80 Å². The van der Waals surface area contributed by atoms with Crippen LogP contribution in [-0.4, -0.2) is 65.5 Å². The van der Waals surface area contributed by atoms with Gasteiger partial charge in [-0.25, -0.2) is 8.78 Å². The van der Waals surface area contributed by atoms with Crippen molar-refractivity contribution in [3.05, 3.63) is 65.2 Å². The molecule has 1 fully saturated rings. The minimum absolute atomic E-state index is 0.0111. The fourth-order valence-corrected chi connectivity index (χ4v) is 3.72. The maximum absolute atomic E-state index is 13.5. The van der Waals surface area contributed by atoms with Crippen LogP contribution < -0.4 is 4.74 Å². The molecular formula is C22H28F2N2O3. The van der Waals surface area contributed by atoms with Crippen LogP contribution in [0, 0.1) is 11.6 Å². The van der Waals surface area contributed by atoms with Crippen molar-refractivity contribution in [2.45, 2.75) is 25.6 Å². The molecule has 3 rings (SSSR count). The first-order valence-electron chi connectivity index (χ1n) is 9.93. The zero-order chi connectivity index (χ0) is 20.6. The van der Waals surface area contributed by atoms with Gasteiger partial charge in [-0.15, -0.1) is 0 Å². The van der Waals surface area contributed by atoms with E-state index in [0.717, 1.165) is 49.1 Å². The first kappa shape index (κ1) is 21.6. The molecule has 0 spiro atoms. The third kappa shape index (κ3) is 6.21. The third-order valence-electron chi connectivity index (χ3n) is 5.21. The summed E-state index contributed by atoms with van der Waals surface area (Å²) < 4.78 is 32.1. The van der Waals surface area contributed by atoms with Gasteiger partial charge < -0.3 is 14.9 Å². The van der Waals surface area contributed by atoms with E-state index >= 15 is 0 Å². The molecular weight excluding hydrogens is 378 g/mol. The van der Waals surface area contributed by atoms with Crippen LogP contribution in [0.5, 0.6) is 5.75 Å². The first-order chi connectivity index (χ1) is 14.1. The molecule has 0 aromatic heterocycles. The number of nitrogens with zero attached hydrogens (tertiary/aromatic N) is 2. The van der Waals surface area contributed by atoms with Gasteiger partial charge in [0, 0.05) is 45.4 Å². The molecule has 158 valence electrons. The van der Waals surface area contributed by atoms with E-state index in [1.807, 2.05) is 24.3 Å². The highest BCUT2D eigenvalue weighted by atomic mass is 19.2. The number of piperazine rings is 1. The molecule has 1 unspecified atom stereocenters.